The van der Waals surface area contributed by atoms with E-state index in [1.165, 1.54) is 0 Å². The Balaban J connectivity index is 3.09. The van der Waals surface area contributed by atoms with Gasteiger partial charge in [0.05, 0.1) is 0 Å². The van der Waals surface area contributed by atoms with Crippen LogP contribution in [0.2, 0.25) is 0 Å². The van der Waals surface area contributed by atoms with Crippen molar-refractivity contribution in [3.05, 3.63) is 40.4 Å². The van der Waals surface area contributed by atoms with Crippen molar-refractivity contribution in [3.63, 3.8) is 0 Å². The van der Waals surface area contributed by atoms with Gasteiger partial charge in [-0.1, -0.05) is 0 Å². The monoisotopic (exact) mass is 322 g/mol. The zero-order valence-electron chi connectivity index (χ0n) is 11.3. The van der Waals surface area contributed by atoms with Crippen molar-refractivity contribution < 1.29 is 4.79 Å². The van der Waals surface area contributed by atoms with E-state index in [4.69, 9.17) is 5.26 Å². The number of likely N-dealkylation sites (N-methyl/N-ethyl adjacent to an activating group) is 1. The van der Waals surface area contributed by atoms with Gasteiger partial charge in [0.25, 0.3) is 0 Å². The molecule has 1 aromatic rings. The molecule has 0 fully saturated rings. The third-order valence-electron chi connectivity index (χ3n) is 2.73. The van der Waals surface area contributed by atoms with E-state index >= 15 is 0 Å². The molecule has 100 valence electrons. The van der Waals surface area contributed by atoms with Gasteiger partial charge in [-0.25, -0.2) is 0 Å². The van der Waals surface area contributed by atoms with Crippen LogP contribution in [0.3, 0.4) is 0 Å². The summed E-state index contributed by atoms with van der Waals surface area (Å²) >= 11 is 2.37. The Labute approximate surface area is 122 Å². The predicted octanol–water partition coefficient (Wildman–Crippen LogP) is 2.08. The molecule has 0 aromatic heterocycles. The molecule has 0 radical (unpaired) electrons. The van der Waals surface area contributed by atoms with E-state index in [0.29, 0.717) is 10.9 Å². The zero-order chi connectivity index (χ0) is 14.3. The molecule has 0 saturated carbocycles. The molecular formula is C15H18N2OSe. The van der Waals surface area contributed by atoms with Crippen LogP contribution < -0.4 is 0 Å². The molecular weight excluding hydrogens is 303 g/mol. The molecule has 4 heteroatoms. The van der Waals surface area contributed by atoms with Gasteiger partial charge >= 0.3 is 122 Å². The first-order valence-corrected chi connectivity index (χ1v) is 7.08. The second-order valence-electron chi connectivity index (χ2n) is 4.40. The Morgan fingerprint density at radius 1 is 1.32 bits per heavy atom. The van der Waals surface area contributed by atoms with Crippen LogP contribution in [0.5, 0.6) is 0 Å². The average Bonchev–Trinajstić information content (AvgIpc) is 2.43. The van der Waals surface area contributed by atoms with Gasteiger partial charge in [0.2, 0.25) is 0 Å². The number of nitrogens with zero attached hydrogens (tertiary/aromatic N) is 2. The number of allylic oxidation sites excluding steroid dienone is 1. The van der Waals surface area contributed by atoms with E-state index in [2.05, 4.69) is 22.1 Å². The number of unbranched alkanes of at least 4 members (excludes halogenated alkanes) is 1. The quantitative estimate of drug-likeness (QED) is 0.473. The number of hydrogen-bond donors (Lipinski definition) is 0. The molecule has 0 bridgehead atoms. The minimum absolute atomic E-state index is 0.00388. The molecule has 0 aliphatic carbocycles. The van der Waals surface area contributed by atoms with Gasteiger partial charge in [0.1, 0.15) is 0 Å². The van der Waals surface area contributed by atoms with Crippen molar-refractivity contribution in [2.24, 2.45) is 0 Å². The van der Waals surface area contributed by atoms with Gasteiger partial charge in [-0.2, -0.15) is 0 Å². The Bertz CT molecular complexity index is 501. The summed E-state index contributed by atoms with van der Waals surface area (Å²) in [5.41, 5.74) is 2.06. The molecule has 3 nitrogen and oxygen atoms in total. The van der Waals surface area contributed by atoms with Crippen molar-refractivity contribution in [1.29, 1.82) is 5.26 Å². The zero-order valence-corrected chi connectivity index (χ0v) is 13.1. The number of rotatable bonds is 5. The number of nitriles is 1. The molecule has 1 rings (SSSR count). The van der Waals surface area contributed by atoms with Crippen molar-refractivity contribution >= 4 is 27.5 Å². The Morgan fingerprint density at radius 2 is 1.95 bits per heavy atom. The van der Waals surface area contributed by atoms with E-state index in [0.717, 1.165) is 24.0 Å². The van der Waals surface area contributed by atoms with Gasteiger partial charge in [-0.15, -0.1) is 0 Å². The summed E-state index contributed by atoms with van der Waals surface area (Å²) in [6.07, 6.45) is 2.01. The Hall–Kier alpha value is -1.56. The molecule has 19 heavy (non-hydrogen) atoms. The summed E-state index contributed by atoms with van der Waals surface area (Å²) < 4.78 is 0.696. The molecule has 0 aliphatic rings. The standard InChI is InChI=1S/C15H18N2OSe/c1-17(2)15(18)14(19)13(10-6-7-11-16)12-8-4-3-5-9-12/h3-5,8-9,19H,6-7,10H2,1-2H3. The SMILES string of the molecule is CN(C)C(=O)C([SeH])=C(CCCC#N)c1ccccc1. The number of amides is 1. The molecule has 0 atom stereocenters. The normalized spacial score (nSPS) is 11.5. The van der Waals surface area contributed by atoms with Crippen LogP contribution in [-0.2, 0) is 4.79 Å². The van der Waals surface area contributed by atoms with Crippen molar-refractivity contribution in [2.45, 2.75) is 19.3 Å². The van der Waals surface area contributed by atoms with Crippen LogP contribution in [0.25, 0.3) is 5.57 Å². The predicted molar refractivity (Wildman–Crippen MR) is 78.7 cm³/mol. The first-order chi connectivity index (χ1) is 9.07. The fraction of sp³-hybridized carbons (Fsp3) is 0.333. The van der Waals surface area contributed by atoms with Crippen LogP contribution in [0.15, 0.2) is 34.8 Å². The first kappa shape index (κ1) is 15.5. The summed E-state index contributed by atoms with van der Waals surface area (Å²) in [5.74, 6) is -0.00388. The van der Waals surface area contributed by atoms with E-state index < -0.39 is 0 Å². The van der Waals surface area contributed by atoms with Gasteiger partial charge in [0.15, 0.2) is 0 Å². The van der Waals surface area contributed by atoms with E-state index in [1.54, 1.807) is 19.0 Å². The number of carbonyl (C=O) groups is 1. The summed E-state index contributed by atoms with van der Waals surface area (Å²) in [5, 5.41) is 8.64. The van der Waals surface area contributed by atoms with Crippen LogP contribution >= 0.6 is 0 Å². The van der Waals surface area contributed by atoms with Gasteiger partial charge in [-0.05, 0) is 0 Å². The number of hydrogen-bond acceptors (Lipinski definition) is 2. The third kappa shape index (κ3) is 4.55. The molecule has 0 saturated heterocycles. The summed E-state index contributed by atoms with van der Waals surface area (Å²) in [6.45, 7) is 0. The fourth-order valence-corrected chi connectivity index (χ4v) is 2.65. The van der Waals surface area contributed by atoms with E-state index in [9.17, 15) is 4.79 Å². The topological polar surface area (TPSA) is 44.1 Å². The second-order valence-corrected chi connectivity index (χ2v) is 5.34. The Morgan fingerprint density at radius 3 is 2.47 bits per heavy atom. The van der Waals surface area contributed by atoms with Crippen LogP contribution in [0, 0.1) is 11.3 Å². The first-order valence-electron chi connectivity index (χ1n) is 6.14. The number of benzene rings is 1. The molecule has 0 spiro atoms. The summed E-state index contributed by atoms with van der Waals surface area (Å²) in [7, 11) is 3.49. The maximum atomic E-state index is 12.1. The minimum atomic E-state index is -0.00388. The molecule has 0 N–H and O–H groups in total. The second kappa shape index (κ2) is 7.78. The molecule has 0 unspecified atom stereocenters. The number of carbonyl (C=O) groups excluding carboxylic acids is 1. The van der Waals surface area contributed by atoms with E-state index in [-0.39, 0.29) is 5.91 Å². The molecule has 0 aliphatic heterocycles. The molecule has 1 amide bonds. The maximum absolute atomic E-state index is 12.1. The Kier molecular flexibility index (Phi) is 6.35. The van der Waals surface area contributed by atoms with Crippen LogP contribution in [-0.4, -0.2) is 40.9 Å². The van der Waals surface area contributed by atoms with Crippen LogP contribution in [0.1, 0.15) is 24.8 Å². The van der Waals surface area contributed by atoms with Gasteiger partial charge in [0, 0.05) is 0 Å². The van der Waals surface area contributed by atoms with Gasteiger partial charge in [-0.3, -0.25) is 0 Å². The fourth-order valence-electron chi connectivity index (χ4n) is 1.72. The van der Waals surface area contributed by atoms with Crippen molar-refractivity contribution in [3.8, 4) is 6.07 Å². The van der Waals surface area contributed by atoms with E-state index in [1.807, 2.05) is 30.3 Å². The third-order valence-corrected chi connectivity index (χ3v) is 3.70. The average molecular weight is 321 g/mol. The van der Waals surface area contributed by atoms with Gasteiger partial charge < -0.3 is 0 Å². The summed E-state index contributed by atoms with van der Waals surface area (Å²) in [4.78, 5) is 13.6. The summed E-state index contributed by atoms with van der Waals surface area (Å²) in [6, 6.07) is 12.0. The van der Waals surface area contributed by atoms with Crippen molar-refractivity contribution in [2.75, 3.05) is 14.1 Å². The molecule has 0 heterocycles. The van der Waals surface area contributed by atoms with Crippen molar-refractivity contribution in [1.82, 2.24) is 4.90 Å². The molecule has 1 aromatic carbocycles. The van der Waals surface area contributed by atoms with Crippen LogP contribution in [0.4, 0.5) is 0 Å².